The van der Waals surface area contributed by atoms with Gasteiger partial charge in [0.15, 0.2) is 0 Å². The van der Waals surface area contributed by atoms with Gasteiger partial charge in [0.2, 0.25) is 5.91 Å². The Morgan fingerprint density at radius 2 is 1.92 bits per heavy atom. The standard InChI is InChI=1S/C29H44N4O5S/c1-9-11-12-15-21(10-2)37-25(34)23(19(3)4)32-26(35)29(8)18-39-24(33-29)22-16-13-14-20(31-22)17-30-27(36)38-28(5,6)7/h12-16,19,21,23H,9-11,17-18H2,1-8H3,(H,30,36)(H,32,35)/b15-12+/t21?,23-,29-/m0/s1. The number of thioether (sulfide) groups is 1. The molecule has 0 spiro atoms. The van der Waals surface area contributed by atoms with E-state index in [4.69, 9.17) is 14.5 Å². The molecule has 0 saturated heterocycles. The van der Waals surface area contributed by atoms with Gasteiger partial charge in [0.1, 0.15) is 28.3 Å². The number of nitrogens with one attached hydrogen (secondary N) is 2. The largest absolute Gasteiger partial charge is 0.457 e. The number of rotatable bonds is 12. The number of ether oxygens (including phenoxy) is 2. The van der Waals surface area contributed by atoms with Crippen molar-refractivity contribution in [1.29, 1.82) is 0 Å². The van der Waals surface area contributed by atoms with Crippen molar-refractivity contribution in [1.82, 2.24) is 15.6 Å². The molecule has 1 aliphatic heterocycles. The number of allylic oxidation sites excluding steroid dienone is 1. The number of pyridine rings is 1. The second-order valence-corrected chi connectivity index (χ2v) is 12.1. The molecule has 1 aromatic rings. The summed E-state index contributed by atoms with van der Waals surface area (Å²) < 4.78 is 11.0. The van der Waals surface area contributed by atoms with Crippen LogP contribution in [0.5, 0.6) is 0 Å². The fourth-order valence-electron chi connectivity index (χ4n) is 3.61. The lowest BCUT2D eigenvalue weighted by atomic mass is 10.0. The lowest BCUT2D eigenvalue weighted by Gasteiger charge is -2.27. The van der Waals surface area contributed by atoms with Gasteiger partial charge >= 0.3 is 12.1 Å². The number of nitrogens with zero attached hydrogens (tertiary/aromatic N) is 2. The zero-order valence-corrected chi connectivity index (χ0v) is 25.3. The minimum atomic E-state index is -1.06. The Kier molecular flexibility index (Phi) is 12.0. The summed E-state index contributed by atoms with van der Waals surface area (Å²) in [5.74, 6) is -0.530. The van der Waals surface area contributed by atoms with E-state index < -0.39 is 29.2 Å². The second-order valence-electron chi connectivity index (χ2n) is 11.1. The predicted molar refractivity (Wildman–Crippen MR) is 156 cm³/mol. The lowest BCUT2D eigenvalue weighted by molar-refractivity contribution is -0.152. The highest BCUT2D eigenvalue weighted by Gasteiger charge is 2.41. The number of hydrogen-bond donors (Lipinski definition) is 2. The normalized spacial score (nSPS) is 18.9. The van der Waals surface area contributed by atoms with Crippen LogP contribution >= 0.6 is 11.8 Å². The molecule has 10 heteroatoms. The van der Waals surface area contributed by atoms with Crippen LogP contribution in [0.2, 0.25) is 0 Å². The van der Waals surface area contributed by atoms with Gasteiger partial charge in [0.25, 0.3) is 0 Å². The van der Waals surface area contributed by atoms with Crippen LogP contribution in [0.25, 0.3) is 0 Å². The molecular weight excluding hydrogens is 516 g/mol. The molecule has 0 saturated carbocycles. The van der Waals surface area contributed by atoms with Crippen LogP contribution in [0, 0.1) is 5.92 Å². The fourth-order valence-corrected chi connectivity index (χ4v) is 4.75. The molecule has 0 aromatic carbocycles. The summed E-state index contributed by atoms with van der Waals surface area (Å²) in [6, 6.07) is 4.66. The Balaban J connectivity index is 2.09. The van der Waals surface area contributed by atoms with Gasteiger partial charge in [-0.05, 0) is 64.7 Å². The van der Waals surface area contributed by atoms with E-state index in [-0.39, 0.29) is 24.5 Å². The van der Waals surface area contributed by atoms with Gasteiger partial charge in [0.05, 0.1) is 17.9 Å². The van der Waals surface area contributed by atoms with Crippen molar-refractivity contribution in [2.45, 2.75) is 104 Å². The maximum atomic E-state index is 13.4. The molecule has 2 rings (SSSR count). The van der Waals surface area contributed by atoms with Crippen molar-refractivity contribution < 1.29 is 23.9 Å². The van der Waals surface area contributed by atoms with Gasteiger partial charge in [0, 0.05) is 5.75 Å². The molecule has 1 aromatic heterocycles. The van der Waals surface area contributed by atoms with Crippen molar-refractivity contribution in [3.63, 3.8) is 0 Å². The first-order chi connectivity index (χ1) is 18.3. The average molecular weight is 561 g/mol. The number of aromatic nitrogens is 1. The quantitative estimate of drug-likeness (QED) is 0.267. The Bertz CT molecular complexity index is 1070. The molecular formula is C29H44N4O5S. The molecule has 216 valence electrons. The number of hydrogen-bond acceptors (Lipinski definition) is 8. The fraction of sp³-hybridized carbons (Fsp3) is 0.621. The van der Waals surface area contributed by atoms with Crippen molar-refractivity contribution in [3.8, 4) is 0 Å². The van der Waals surface area contributed by atoms with E-state index in [1.165, 1.54) is 11.8 Å². The van der Waals surface area contributed by atoms with Gasteiger partial charge in [-0.15, -0.1) is 11.8 Å². The molecule has 2 heterocycles. The van der Waals surface area contributed by atoms with Gasteiger partial charge in [-0.1, -0.05) is 46.3 Å². The van der Waals surface area contributed by atoms with E-state index in [1.807, 2.05) is 45.1 Å². The predicted octanol–water partition coefficient (Wildman–Crippen LogP) is 5.18. The summed E-state index contributed by atoms with van der Waals surface area (Å²) in [4.78, 5) is 47.6. The van der Waals surface area contributed by atoms with E-state index in [2.05, 4.69) is 22.5 Å². The number of aliphatic imine (C=N–C) groups is 1. The molecule has 2 amide bonds. The minimum Gasteiger partial charge on any atom is -0.457 e. The van der Waals surface area contributed by atoms with Crippen molar-refractivity contribution in [3.05, 3.63) is 41.7 Å². The van der Waals surface area contributed by atoms with Gasteiger partial charge in [-0.2, -0.15) is 0 Å². The SMILES string of the molecule is CCC/C=C/C(CC)OC(=O)[C@@H](NC(=O)[C@]1(C)CSC(c2cccc(CNC(=O)OC(C)(C)C)n2)=N1)C(C)C. The maximum absolute atomic E-state index is 13.4. The number of carbonyl (C=O) groups excluding carboxylic acids is 3. The Labute approximate surface area is 237 Å². The van der Waals surface area contributed by atoms with Crippen LogP contribution in [0.4, 0.5) is 4.79 Å². The van der Waals surface area contributed by atoms with Gasteiger partial charge in [-0.25, -0.2) is 14.6 Å². The first kappa shape index (κ1) is 32.3. The zero-order chi connectivity index (χ0) is 29.2. The summed E-state index contributed by atoms with van der Waals surface area (Å²) >= 11 is 1.43. The summed E-state index contributed by atoms with van der Waals surface area (Å²) in [6.45, 7) is 15.2. The monoisotopic (exact) mass is 560 g/mol. The van der Waals surface area contributed by atoms with Gasteiger partial charge in [-0.3, -0.25) is 9.79 Å². The molecule has 0 fully saturated rings. The van der Waals surface area contributed by atoms with Crippen molar-refractivity contribution >= 4 is 34.8 Å². The lowest BCUT2D eigenvalue weighted by Crippen LogP contribution is -2.53. The zero-order valence-electron chi connectivity index (χ0n) is 24.5. The smallest absolute Gasteiger partial charge is 0.407 e. The molecule has 2 N–H and O–H groups in total. The Hall–Kier alpha value is -2.88. The number of amides is 2. The molecule has 0 bridgehead atoms. The van der Waals surface area contributed by atoms with Crippen LogP contribution in [-0.4, -0.2) is 57.0 Å². The summed E-state index contributed by atoms with van der Waals surface area (Å²) in [5, 5.41) is 6.22. The summed E-state index contributed by atoms with van der Waals surface area (Å²) in [6.07, 6.45) is 5.69. The minimum absolute atomic E-state index is 0.157. The average Bonchev–Trinajstić information content (AvgIpc) is 3.27. The molecule has 0 radical (unpaired) electrons. The van der Waals surface area contributed by atoms with Crippen molar-refractivity contribution in [2.75, 3.05) is 5.75 Å². The van der Waals surface area contributed by atoms with Crippen LogP contribution in [-0.2, 0) is 25.6 Å². The van der Waals surface area contributed by atoms with Crippen LogP contribution < -0.4 is 10.6 Å². The number of alkyl carbamates (subject to hydrolysis) is 1. The molecule has 0 aliphatic carbocycles. The summed E-state index contributed by atoms with van der Waals surface area (Å²) in [7, 11) is 0. The molecule has 1 aliphatic rings. The van der Waals surface area contributed by atoms with Crippen molar-refractivity contribution in [2.24, 2.45) is 10.9 Å². The highest BCUT2D eigenvalue weighted by molar-refractivity contribution is 8.14. The molecule has 1 unspecified atom stereocenters. The Morgan fingerprint density at radius 1 is 1.21 bits per heavy atom. The number of carbonyl (C=O) groups is 3. The molecule has 9 nitrogen and oxygen atoms in total. The van der Waals surface area contributed by atoms with Crippen LogP contribution in [0.1, 0.15) is 86.0 Å². The van der Waals surface area contributed by atoms with Gasteiger partial charge < -0.3 is 20.1 Å². The van der Waals surface area contributed by atoms with E-state index in [0.717, 1.165) is 12.8 Å². The summed E-state index contributed by atoms with van der Waals surface area (Å²) in [5.41, 5.74) is -0.399. The number of esters is 1. The highest BCUT2D eigenvalue weighted by atomic mass is 32.2. The highest BCUT2D eigenvalue weighted by Crippen LogP contribution is 2.31. The first-order valence-corrected chi connectivity index (χ1v) is 14.6. The molecule has 3 atom stereocenters. The first-order valence-electron chi connectivity index (χ1n) is 13.6. The van der Waals surface area contributed by atoms with E-state index in [9.17, 15) is 14.4 Å². The third kappa shape index (κ3) is 10.3. The van der Waals surface area contributed by atoms with Crippen LogP contribution in [0.15, 0.2) is 35.3 Å². The van der Waals surface area contributed by atoms with E-state index in [0.29, 0.717) is 28.6 Å². The van der Waals surface area contributed by atoms with E-state index >= 15 is 0 Å². The van der Waals surface area contributed by atoms with Crippen LogP contribution in [0.3, 0.4) is 0 Å². The van der Waals surface area contributed by atoms with E-state index in [1.54, 1.807) is 33.8 Å². The maximum Gasteiger partial charge on any atom is 0.407 e. The topological polar surface area (TPSA) is 119 Å². The third-order valence-electron chi connectivity index (χ3n) is 5.85. The second kappa shape index (κ2) is 14.5. The third-order valence-corrected chi connectivity index (χ3v) is 7.13. The molecule has 39 heavy (non-hydrogen) atoms. The Morgan fingerprint density at radius 3 is 2.54 bits per heavy atom. The number of unbranched alkanes of at least 4 members (excludes halogenated alkanes) is 1.